The number of amides is 1. The van der Waals surface area contributed by atoms with Crippen molar-refractivity contribution in [1.82, 2.24) is 10.2 Å². The quantitative estimate of drug-likeness (QED) is 0.771. The lowest BCUT2D eigenvalue weighted by atomic mass is 10.0. The van der Waals surface area contributed by atoms with Crippen molar-refractivity contribution in [2.75, 3.05) is 25.9 Å². The third-order valence-corrected chi connectivity index (χ3v) is 5.58. The summed E-state index contributed by atoms with van der Waals surface area (Å²) in [5.41, 5.74) is 1.30. The molecule has 1 amide bonds. The number of nitrogens with zero attached hydrogens (tertiary/aromatic N) is 1. The number of benzene rings is 2. The first-order chi connectivity index (χ1) is 12.4. The number of nitrogens with one attached hydrogen (secondary N) is 1. The van der Waals surface area contributed by atoms with Crippen LogP contribution in [0.25, 0.3) is 0 Å². The predicted octanol–water partition coefficient (Wildman–Crippen LogP) is 2.90. The molecule has 0 saturated carbocycles. The van der Waals surface area contributed by atoms with Crippen molar-refractivity contribution in [3.63, 3.8) is 0 Å². The van der Waals surface area contributed by atoms with Gasteiger partial charge in [0.15, 0.2) is 9.84 Å². The first kappa shape index (κ1) is 20.1. The first-order valence-electron chi connectivity index (χ1n) is 8.74. The highest BCUT2D eigenvalue weighted by atomic mass is 32.2. The summed E-state index contributed by atoms with van der Waals surface area (Å²) in [5.74, 6) is -0.376. The number of carbonyl (C=O) groups is 1. The largest absolute Gasteiger partial charge is 0.350 e. The van der Waals surface area contributed by atoms with Crippen molar-refractivity contribution in [3.05, 3.63) is 65.7 Å². The molecule has 2 aromatic carbocycles. The Morgan fingerprint density at radius 1 is 1.00 bits per heavy atom. The van der Waals surface area contributed by atoms with Gasteiger partial charge in [-0.25, -0.2) is 8.42 Å². The Bertz CT molecular complexity index is 831. The topological polar surface area (TPSA) is 66.5 Å². The smallest absolute Gasteiger partial charge is 0.252 e. The molecule has 0 fully saturated rings. The second-order valence-electron chi connectivity index (χ2n) is 6.13. The number of likely N-dealkylation sites (N-methyl/N-ethyl adjacent to an activating group) is 1. The number of sulfone groups is 1. The molecule has 0 aliphatic carbocycles. The summed E-state index contributed by atoms with van der Waals surface area (Å²) in [6, 6.07) is 16.3. The second kappa shape index (κ2) is 8.96. The third-order valence-electron chi connectivity index (χ3n) is 4.42. The van der Waals surface area contributed by atoms with Gasteiger partial charge in [0.25, 0.3) is 5.91 Å². The second-order valence-corrected chi connectivity index (χ2v) is 8.11. The van der Waals surface area contributed by atoms with E-state index < -0.39 is 9.84 Å². The Morgan fingerprint density at radius 2 is 1.58 bits per heavy atom. The maximum absolute atomic E-state index is 12.7. The summed E-state index contributed by atoms with van der Waals surface area (Å²) in [5, 5.41) is 2.91. The van der Waals surface area contributed by atoms with Crippen LogP contribution in [-0.2, 0) is 9.84 Å². The van der Waals surface area contributed by atoms with Crippen LogP contribution in [0.3, 0.4) is 0 Å². The predicted molar refractivity (Wildman–Crippen MR) is 104 cm³/mol. The molecule has 0 aromatic heterocycles. The van der Waals surface area contributed by atoms with Gasteiger partial charge in [-0.1, -0.05) is 56.3 Å². The Morgan fingerprint density at radius 3 is 2.15 bits per heavy atom. The van der Waals surface area contributed by atoms with Gasteiger partial charge in [-0.2, -0.15) is 0 Å². The normalized spacial score (nSPS) is 12.8. The van der Waals surface area contributed by atoms with Gasteiger partial charge in [-0.05, 0) is 30.8 Å². The van der Waals surface area contributed by atoms with Crippen LogP contribution in [-0.4, -0.2) is 45.1 Å². The minimum atomic E-state index is -3.47. The van der Waals surface area contributed by atoms with Crippen molar-refractivity contribution in [3.8, 4) is 0 Å². The zero-order valence-electron chi connectivity index (χ0n) is 15.5. The summed E-state index contributed by atoms with van der Waals surface area (Å²) in [4.78, 5) is 15.0. The van der Waals surface area contributed by atoms with Gasteiger partial charge in [-0.15, -0.1) is 0 Å². The van der Waals surface area contributed by atoms with E-state index in [9.17, 15) is 13.2 Å². The molecule has 0 unspecified atom stereocenters. The van der Waals surface area contributed by atoms with Crippen LogP contribution in [0, 0.1) is 0 Å². The van der Waals surface area contributed by atoms with Crippen molar-refractivity contribution in [2.45, 2.75) is 24.8 Å². The fourth-order valence-electron chi connectivity index (χ4n) is 3.06. The van der Waals surface area contributed by atoms with Gasteiger partial charge < -0.3 is 5.32 Å². The Balaban J connectivity index is 2.23. The van der Waals surface area contributed by atoms with E-state index in [1.165, 1.54) is 6.07 Å². The average molecular weight is 375 g/mol. The molecule has 2 rings (SSSR count). The standard InChI is InChI=1S/C20H26N2O3S/c1-4-22(5-2)18(16-11-7-6-8-12-16)15-21-20(23)17-13-9-10-14-19(17)26(3,24)25/h6-14,18H,4-5,15H2,1-3H3,(H,21,23)/t18-/m0/s1. The molecule has 26 heavy (non-hydrogen) atoms. The zero-order valence-corrected chi connectivity index (χ0v) is 16.3. The Kier molecular flexibility index (Phi) is 6.94. The van der Waals surface area contributed by atoms with E-state index in [4.69, 9.17) is 0 Å². The molecular formula is C20H26N2O3S. The van der Waals surface area contributed by atoms with Crippen LogP contribution in [0.15, 0.2) is 59.5 Å². The lowest BCUT2D eigenvalue weighted by Gasteiger charge is -2.30. The maximum atomic E-state index is 12.7. The van der Waals surface area contributed by atoms with Crippen molar-refractivity contribution in [1.29, 1.82) is 0 Å². The lowest BCUT2D eigenvalue weighted by molar-refractivity contribution is 0.0931. The molecule has 6 heteroatoms. The van der Waals surface area contributed by atoms with Crippen LogP contribution < -0.4 is 5.32 Å². The SMILES string of the molecule is CCN(CC)[C@@H](CNC(=O)c1ccccc1S(C)(=O)=O)c1ccccc1. The van der Waals surface area contributed by atoms with Crippen LogP contribution in [0.5, 0.6) is 0 Å². The van der Waals surface area contributed by atoms with E-state index in [-0.39, 0.29) is 22.4 Å². The molecular weight excluding hydrogens is 348 g/mol. The van der Waals surface area contributed by atoms with Gasteiger partial charge in [-0.3, -0.25) is 9.69 Å². The number of carbonyl (C=O) groups excluding carboxylic acids is 1. The summed E-state index contributed by atoms with van der Waals surface area (Å²) in [6.45, 7) is 6.28. The number of rotatable bonds is 8. The molecule has 2 aromatic rings. The first-order valence-corrected chi connectivity index (χ1v) is 10.6. The van der Waals surface area contributed by atoms with Crippen molar-refractivity contribution >= 4 is 15.7 Å². The fraction of sp³-hybridized carbons (Fsp3) is 0.350. The molecule has 0 saturated heterocycles. The maximum Gasteiger partial charge on any atom is 0.252 e. The molecule has 1 N–H and O–H groups in total. The molecule has 5 nitrogen and oxygen atoms in total. The van der Waals surface area contributed by atoms with E-state index in [2.05, 4.69) is 24.1 Å². The Labute approximate surface area is 156 Å². The molecule has 0 heterocycles. The molecule has 0 aliphatic heterocycles. The minimum Gasteiger partial charge on any atom is -0.350 e. The van der Waals surface area contributed by atoms with Gasteiger partial charge in [0.1, 0.15) is 0 Å². The zero-order chi connectivity index (χ0) is 19.2. The lowest BCUT2D eigenvalue weighted by Crippen LogP contribution is -2.38. The van der Waals surface area contributed by atoms with Crippen LogP contribution in [0.1, 0.15) is 35.8 Å². The highest BCUT2D eigenvalue weighted by Gasteiger charge is 2.21. The highest BCUT2D eigenvalue weighted by Crippen LogP contribution is 2.20. The monoisotopic (exact) mass is 374 g/mol. The van der Waals surface area contributed by atoms with E-state index >= 15 is 0 Å². The van der Waals surface area contributed by atoms with E-state index in [1.54, 1.807) is 18.2 Å². The van der Waals surface area contributed by atoms with Gasteiger partial charge >= 0.3 is 0 Å². The van der Waals surface area contributed by atoms with E-state index in [0.29, 0.717) is 6.54 Å². The fourth-order valence-corrected chi connectivity index (χ4v) is 3.95. The summed E-state index contributed by atoms with van der Waals surface area (Å²) >= 11 is 0. The Hall–Kier alpha value is -2.18. The van der Waals surface area contributed by atoms with Gasteiger partial charge in [0.05, 0.1) is 16.5 Å². The molecule has 0 radical (unpaired) electrons. The van der Waals surface area contributed by atoms with Crippen molar-refractivity contribution < 1.29 is 13.2 Å². The molecule has 0 aliphatic rings. The summed E-state index contributed by atoms with van der Waals surface area (Å²) in [7, 11) is -3.47. The molecule has 140 valence electrons. The third kappa shape index (κ3) is 4.93. The molecule has 0 spiro atoms. The van der Waals surface area contributed by atoms with Gasteiger partial charge in [0, 0.05) is 12.8 Å². The summed E-state index contributed by atoms with van der Waals surface area (Å²) < 4.78 is 23.9. The van der Waals surface area contributed by atoms with E-state index in [1.807, 2.05) is 30.3 Å². The molecule has 0 bridgehead atoms. The number of hydrogen-bond acceptors (Lipinski definition) is 4. The molecule has 1 atom stereocenters. The van der Waals surface area contributed by atoms with Crippen LogP contribution >= 0.6 is 0 Å². The van der Waals surface area contributed by atoms with Gasteiger partial charge in [0.2, 0.25) is 0 Å². The van der Waals surface area contributed by atoms with Crippen LogP contribution in [0.2, 0.25) is 0 Å². The van der Waals surface area contributed by atoms with Crippen LogP contribution in [0.4, 0.5) is 0 Å². The average Bonchev–Trinajstić information content (AvgIpc) is 2.65. The minimum absolute atomic E-state index is 0.0283. The number of hydrogen-bond donors (Lipinski definition) is 1. The van der Waals surface area contributed by atoms with Crippen molar-refractivity contribution in [2.24, 2.45) is 0 Å². The highest BCUT2D eigenvalue weighted by molar-refractivity contribution is 7.90. The van der Waals surface area contributed by atoms with E-state index in [0.717, 1.165) is 24.9 Å². The summed E-state index contributed by atoms with van der Waals surface area (Å²) in [6.07, 6.45) is 1.11.